The van der Waals surface area contributed by atoms with Crippen molar-refractivity contribution in [2.75, 3.05) is 5.32 Å². The molecule has 0 aliphatic heterocycles. The lowest BCUT2D eigenvalue weighted by Crippen LogP contribution is -2.18. The summed E-state index contributed by atoms with van der Waals surface area (Å²) in [5, 5.41) is 3.09. The molecule has 0 saturated carbocycles. The molecule has 0 radical (unpaired) electrons. The molecule has 0 spiro atoms. The zero-order valence-electron chi connectivity index (χ0n) is 11.0. The number of nitrogens with one attached hydrogen (secondary N) is 1. The van der Waals surface area contributed by atoms with E-state index in [4.69, 9.17) is 0 Å². The van der Waals surface area contributed by atoms with E-state index in [1.807, 2.05) is 6.07 Å². The van der Waals surface area contributed by atoms with Crippen molar-refractivity contribution in [3.8, 4) is 0 Å². The van der Waals surface area contributed by atoms with E-state index in [0.717, 1.165) is 34.7 Å². The molecular weight excluding hydrogens is 363 g/mol. The lowest BCUT2D eigenvalue weighted by Gasteiger charge is -2.26. The van der Waals surface area contributed by atoms with Crippen LogP contribution < -0.4 is 5.32 Å². The molecule has 3 rings (SSSR count). The van der Waals surface area contributed by atoms with Crippen molar-refractivity contribution in [3.63, 3.8) is 0 Å². The van der Waals surface area contributed by atoms with Crippen molar-refractivity contribution in [3.05, 3.63) is 50.1 Å². The number of para-hydroxylation sites is 1. The van der Waals surface area contributed by atoms with Gasteiger partial charge in [0.05, 0.1) is 15.4 Å². The van der Waals surface area contributed by atoms with E-state index in [2.05, 4.69) is 21.2 Å². The van der Waals surface area contributed by atoms with Gasteiger partial charge in [0.2, 0.25) is 0 Å². The molecule has 1 atom stereocenters. The third kappa shape index (κ3) is 3.11. The first-order chi connectivity index (χ1) is 9.95. The van der Waals surface area contributed by atoms with Gasteiger partial charge in [0.25, 0.3) is 0 Å². The molecule has 0 bridgehead atoms. The Hall–Kier alpha value is -1.01. The van der Waals surface area contributed by atoms with E-state index in [-0.39, 0.29) is 11.7 Å². The Labute approximate surface area is 133 Å². The smallest absolute Gasteiger partial charge is 0.378 e. The fourth-order valence-corrected chi connectivity index (χ4v) is 4.53. The second kappa shape index (κ2) is 5.65. The monoisotopic (exact) mass is 375 g/mol. The summed E-state index contributed by atoms with van der Waals surface area (Å²) in [6.45, 7) is 0. The van der Waals surface area contributed by atoms with Gasteiger partial charge in [-0.15, -0.1) is 11.3 Å². The maximum absolute atomic E-state index is 13.1. The number of fused-ring (bicyclic) bond motifs is 1. The highest BCUT2D eigenvalue weighted by Crippen LogP contribution is 2.41. The molecule has 1 heterocycles. The molecule has 0 fully saturated rings. The second-order valence-electron chi connectivity index (χ2n) is 5.06. The van der Waals surface area contributed by atoms with Gasteiger partial charge < -0.3 is 5.32 Å². The molecule has 1 aromatic heterocycles. The van der Waals surface area contributed by atoms with Gasteiger partial charge in [0.15, 0.2) is 0 Å². The van der Waals surface area contributed by atoms with Gasteiger partial charge >= 0.3 is 6.18 Å². The Kier molecular flexibility index (Phi) is 4.01. The van der Waals surface area contributed by atoms with Gasteiger partial charge in [-0.1, -0.05) is 12.1 Å². The van der Waals surface area contributed by atoms with Crippen molar-refractivity contribution in [2.45, 2.75) is 31.5 Å². The summed E-state index contributed by atoms with van der Waals surface area (Å²) in [5.74, 6) is 0. The summed E-state index contributed by atoms with van der Waals surface area (Å²) in [7, 11) is 0. The fraction of sp³-hybridized carbons (Fsp3) is 0.333. The zero-order chi connectivity index (χ0) is 15.0. The molecular formula is C15H13BrF3NS. The van der Waals surface area contributed by atoms with Crippen LogP contribution in [0.25, 0.3) is 0 Å². The minimum absolute atomic E-state index is 0.0557. The summed E-state index contributed by atoms with van der Waals surface area (Å²) < 4.78 is 40.2. The van der Waals surface area contributed by atoms with Crippen LogP contribution in [-0.4, -0.2) is 0 Å². The summed E-state index contributed by atoms with van der Waals surface area (Å²) in [6.07, 6.45) is -1.49. The lowest BCUT2D eigenvalue weighted by molar-refractivity contribution is -0.137. The molecule has 1 aliphatic carbocycles. The van der Waals surface area contributed by atoms with Crippen molar-refractivity contribution in [1.29, 1.82) is 0 Å². The molecule has 6 heteroatoms. The van der Waals surface area contributed by atoms with Crippen molar-refractivity contribution in [2.24, 2.45) is 0 Å². The van der Waals surface area contributed by atoms with E-state index in [1.165, 1.54) is 17.0 Å². The highest BCUT2D eigenvalue weighted by atomic mass is 79.9. The van der Waals surface area contributed by atoms with Crippen LogP contribution in [0.5, 0.6) is 0 Å². The van der Waals surface area contributed by atoms with Crippen LogP contribution >= 0.6 is 27.3 Å². The van der Waals surface area contributed by atoms with Gasteiger partial charge in [0.1, 0.15) is 0 Å². The predicted octanol–water partition coefficient (Wildman–Crippen LogP) is 6.02. The van der Waals surface area contributed by atoms with Gasteiger partial charge in [-0.25, -0.2) is 0 Å². The average Bonchev–Trinajstić information content (AvgIpc) is 2.79. The summed E-state index contributed by atoms with van der Waals surface area (Å²) in [5.41, 5.74) is 0.673. The standard InChI is InChI=1S/C15H13BrF3NS/c16-14-8-9-11(6-3-7-13(9)21-14)20-12-5-2-1-4-10(12)15(17,18)19/h1-2,4-5,8,11,20H,3,6-7H2. The number of halogens is 4. The first-order valence-corrected chi connectivity index (χ1v) is 8.27. The Morgan fingerprint density at radius 3 is 2.76 bits per heavy atom. The average molecular weight is 376 g/mol. The van der Waals surface area contributed by atoms with E-state index in [0.29, 0.717) is 0 Å². The van der Waals surface area contributed by atoms with Crippen LogP contribution in [-0.2, 0) is 12.6 Å². The van der Waals surface area contributed by atoms with Crippen molar-refractivity contribution < 1.29 is 13.2 Å². The van der Waals surface area contributed by atoms with Crippen LogP contribution in [0.3, 0.4) is 0 Å². The number of hydrogen-bond donors (Lipinski definition) is 1. The number of thiophene rings is 1. The number of rotatable bonds is 2. The molecule has 112 valence electrons. The second-order valence-corrected chi connectivity index (χ2v) is 7.58. The van der Waals surface area contributed by atoms with Crippen LogP contribution in [0.4, 0.5) is 18.9 Å². The normalized spacial score (nSPS) is 18.4. The van der Waals surface area contributed by atoms with E-state index >= 15 is 0 Å². The van der Waals surface area contributed by atoms with E-state index in [1.54, 1.807) is 17.4 Å². The molecule has 1 aliphatic rings. The highest BCUT2D eigenvalue weighted by Gasteiger charge is 2.34. The SMILES string of the molecule is FC(F)(F)c1ccccc1NC1CCCc2sc(Br)cc21. The number of anilines is 1. The number of aryl methyl sites for hydroxylation is 1. The predicted molar refractivity (Wildman–Crippen MR) is 82.8 cm³/mol. The van der Waals surface area contributed by atoms with Crippen molar-refractivity contribution >= 4 is 33.0 Å². The van der Waals surface area contributed by atoms with Crippen LogP contribution in [0.15, 0.2) is 34.1 Å². The van der Waals surface area contributed by atoms with E-state index in [9.17, 15) is 13.2 Å². The molecule has 0 saturated heterocycles. The Morgan fingerprint density at radius 1 is 1.24 bits per heavy atom. The summed E-state index contributed by atoms with van der Waals surface area (Å²) in [6, 6.07) is 7.63. The van der Waals surface area contributed by atoms with Crippen LogP contribution in [0, 0.1) is 0 Å². The molecule has 1 unspecified atom stereocenters. The molecule has 21 heavy (non-hydrogen) atoms. The minimum Gasteiger partial charge on any atom is -0.378 e. The van der Waals surface area contributed by atoms with Crippen LogP contribution in [0.2, 0.25) is 0 Å². The Balaban J connectivity index is 1.92. The highest BCUT2D eigenvalue weighted by molar-refractivity contribution is 9.11. The quantitative estimate of drug-likeness (QED) is 0.676. The van der Waals surface area contributed by atoms with Crippen LogP contribution in [0.1, 0.15) is 34.9 Å². The largest absolute Gasteiger partial charge is 0.418 e. The molecule has 0 amide bonds. The number of alkyl halides is 3. The first-order valence-electron chi connectivity index (χ1n) is 6.66. The third-order valence-corrected chi connectivity index (χ3v) is 5.36. The van der Waals surface area contributed by atoms with Gasteiger partial charge in [0, 0.05) is 10.6 Å². The molecule has 1 aromatic carbocycles. The zero-order valence-corrected chi connectivity index (χ0v) is 13.4. The summed E-state index contributed by atoms with van der Waals surface area (Å²) >= 11 is 5.13. The Bertz CT molecular complexity index is 651. The number of benzene rings is 1. The fourth-order valence-electron chi connectivity index (χ4n) is 2.72. The molecule has 1 N–H and O–H groups in total. The molecule has 1 nitrogen and oxygen atoms in total. The van der Waals surface area contributed by atoms with E-state index < -0.39 is 11.7 Å². The maximum Gasteiger partial charge on any atom is 0.418 e. The first kappa shape index (κ1) is 14.9. The van der Waals surface area contributed by atoms with Gasteiger partial charge in [-0.05, 0) is 59.0 Å². The third-order valence-electron chi connectivity index (χ3n) is 3.65. The summed E-state index contributed by atoms with van der Waals surface area (Å²) in [4.78, 5) is 1.26. The topological polar surface area (TPSA) is 12.0 Å². The number of hydrogen-bond acceptors (Lipinski definition) is 2. The molecule has 2 aromatic rings. The maximum atomic E-state index is 13.1. The van der Waals surface area contributed by atoms with Crippen molar-refractivity contribution in [1.82, 2.24) is 0 Å². The van der Waals surface area contributed by atoms with Gasteiger partial charge in [-0.2, -0.15) is 13.2 Å². The lowest BCUT2D eigenvalue weighted by atomic mass is 9.93. The Morgan fingerprint density at radius 2 is 2.00 bits per heavy atom. The minimum atomic E-state index is -4.34. The van der Waals surface area contributed by atoms with Gasteiger partial charge in [-0.3, -0.25) is 0 Å².